The molecule has 9 atom stereocenters. The summed E-state index contributed by atoms with van der Waals surface area (Å²) in [5.41, 5.74) is 1.73. The molecular weight excluding hydrogens is 718 g/mol. The van der Waals surface area contributed by atoms with E-state index in [4.69, 9.17) is 0 Å². The number of halogens is 2. The zero-order valence-corrected chi connectivity index (χ0v) is 32.7. The van der Waals surface area contributed by atoms with Gasteiger partial charge in [0.25, 0.3) is 0 Å². The summed E-state index contributed by atoms with van der Waals surface area (Å²) in [5.74, 6) is 0.559. The van der Waals surface area contributed by atoms with Crippen LogP contribution < -0.4 is 24.8 Å². The summed E-state index contributed by atoms with van der Waals surface area (Å²) in [4.78, 5) is 0. The van der Waals surface area contributed by atoms with E-state index in [-0.39, 0.29) is 62.7 Å². The van der Waals surface area contributed by atoms with Crippen molar-refractivity contribution in [2.24, 2.45) is 43.8 Å². The number of hydrogen-bond donors (Lipinski definition) is 0. The molecule has 6 aliphatic carbocycles. The predicted octanol–water partition coefficient (Wildman–Crippen LogP) is 4.69. The molecule has 0 nitrogen and oxygen atoms in total. The Morgan fingerprint density at radius 2 is 1.24 bits per heavy atom. The van der Waals surface area contributed by atoms with Gasteiger partial charge in [-0.3, -0.25) is 0 Å². The fourth-order valence-electron chi connectivity index (χ4n) is 12.2. The third kappa shape index (κ3) is 3.33. The molecule has 2 fully saturated rings. The van der Waals surface area contributed by atoms with Crippen LogP contribution in [0.4, 0.5) is 0 Å². The van der Waals surface area contributed by atoms with Crippen molar-refractivity contribution in [3.63, 3.8) is 0 Å². The van der Waals surface area contributed by atoms with Crippen molar-refractivity contribution in [2.75, 3.05) is 0 Å². The number of hydrogen-bond acceptors (Lipinski definition) is 0. The Kier molecular flexibility index (Phi) is 8.66. The topological polar surface area (TPSA) is 0 Å². The average Bonchev–Trinajstić information content (AvgIpc) is 3.52. The first-order valence-corrected chi connectivity index (χ1v) is 21.6. The SMILES string of the molecule is CC[C](CC)=[Hf+2]([C]1=CC=CC1)[CH]1C2C=CC=C(C)C2(C)C2(C)C3(C)C=CC=CC3(C)C3(C)C=CC=CC3(C)C12C.[Cl-].[Cl-]. The van der Waals surface area contributed by atoms with Gasteiger partial charge in [0.2, 0.25) is 0 Å². The molecule has 0 amide bonds. The molecule has 6 rings (SSSR count). The second-order valence-electron chi connectivity index (χ2n) is 15.1. The zero-order chi connectivity index (χ0) is 29.0. The maximum Gasteiger partial charge on any atom is -1.00 e. The zero-order valence-electron chi connectivity index (χ0n) is 27.6. The van der Waals surface area contributed by atoms with Crippen LogP contribution >= 0.6 is 0 Å². The van der Waals surface area contributed by atoms with E-state index < -0.39 is 21.0 Å². The predicted molar refractivity (Wildman–Crippen MR) is 171 cm³/mol. The van der Waals surface area contributed by atoms with E-state index in [2.05, 4.69) is 154 Å². The molecule has 0 bridgehead atoms. The van der Waals surface area contributed by atoms with Gasteiger partial charge in [0.05, 0.1) is 0 Å². The smallest absolute Gasteiger partial charge is 1.00 e. The Balaban J connectivity index is 0.00000202. The van der Waals surface area contributed by atoms with Crippen LogP contribution in [0.15, 0.2) is 94.0 Å². The van der Waals surface area contributed by atoms with Gasteiger partial charge >= 0.3 is 254 Å². The maximum absolute atomic E-state index is 2.82. The van der Waals surface area contributed by atoms with Crippen molar-refractivity contribution in [2.45, 2.75) is 92.2 Å². The van der Waals surface area contributed by atoms with Crippen molar-refractivity contribution in [3.05, 3.63) is 94.0 Å². The summed E-state index contributed by atoms with van der Waals surface area (Å²) in [6.45, 7) is 26.3. The molecular formula is C39H52Cl2Hf. The van der Waals surface area contributed by atoms with Gasteiger partial charge < -0.3 is 24.8 Å². The molecule has 0 N–H and O–H groups in total. The molecule has 3 heteroatoms. The van der Waals surface area contributed by atoms with Crippen molar-refractivity contribution in [3.8, 4) is 0 Å². The molecule has 0 heterocycles. The quantitative estimate of drug-likeness (QED) is 0.365. The van der Waals surface area contributed by atoms with E-state index in [1.54, 1.807) is 5.57 Å². The first-order chi connectivity index (χ1) is 18.8. The molecule has 6 aliphatic rings. The van der Waals surface area contributed by atoms with E-state index >= 15 is 0 Å². The van der Waals surface area contributed by atoms with E-state index in [1.165, 1.54) is 19.3 Å². The van der Waals surface area contributed by atoms with Gasteiger partial charge in [0, 0.05) is 0 Å². The van der Waals surface area contributed by atoms with Crippen LogP contribution in [0.1, 0.15) is 88.5 Å². The van der Waals surface area contributed by atoms with Crippen molar-refractivity contribution in [1.82, 2.24) is 0 Å². The summed E-state index contributed by atoms with van der Waals surface area (Å²) in [7, 11) is 0. The first-order valence-electron chi connectivity index (χ1n) is 16.0. The van der Waals surface area contributed by atoms with Crippen molar-refractivity contribution in [1.29, 1.82) is 0 Å². The second kappa shape index (κ2) is 10.7. The molecule has 0 radical (unpaired) electrons. The van der Waals surface area contributed by atoms with Crippen LogP contribution in [0, 0.1) is 43.8 Å². The molecule has 0 spiro atoms. The van der Waals surface area contributed by atoms with Crippen molar-refractivity contribution < 1.29 is 45.8 Å². The van der Waals surface area contributed by atoms with Gasteiger partial charge in [-0.25, -0.2) is 0 Å². The third-order valence-electron chi connectivity index (χ3n) is 15.2. The molecule has 0 saturated heterocycles. The summed E-state index contributed by atoms with van der Waals surface area (Å²) in [5, 5.41) is 0. The van der Waals surface area contributed by atoms with Crippen LogP contribution in [0.3, 0.4) is 0 Å². The fourth-order valence-corrected chi connectivity index (χ4v) is 28.8. The largest absolute Gasteiger partial charge is 1.00 e. The molecule has 0 aromatic heterocycles. The molecule has 0 aliphatic heterocycles. The minimum Gasteiger partial charge on any atom is -1.00 e. The van der Waals surface area contributed by atoms with Gasteiger partial charge in [-0.1, -0.05) is 0 Å². The Morgan fingerprint density at radius 1 is 0.714 bits per heavy atom. The van der Waals surface area contributed by atoms with Gasteiger partial charge in [0.15, 0.2) is 0 Å². The van der Waals surface area contributed by atoms with E-state index in [9.17, 15) is 0 Å². The summed E-state index contributed by atoms with van der Waals surface area (Å²) in [6, 6.07) is 0. The molecule has 42 heavy (non-hydrogen) atoms. The Labute approximate surface area is 277 Å². The average molecular weight is 770 g/mol. The Hall–Kier alpha value is -0.760. The van der Waals surface area contributed by atoms with Crippen LogP contribution in [0.2, 0.25) is 3.67 Å². The van der Waals surface area contributed by atoms with E-state index in [0.717, 1.165) is 0 Å². The second-order valence-corrected chi connectivity index (χ2v) is 25.1. The number of allylic oxidation sites excluding steroid dienone is 16. The van der Waals surface area contributed by atoms with E-state index in [0.29, 0.717) is 9.59 Å². The third-order valence-corrected chi connectivity index (χ3v) is 29.9. The summed E-state index contributed by atoms with van der Waals surface area (Å²) in [6.07, 6.45) is 38.9. The van der Waals surface area contributed by atoms with Crippen LogP contribution in [-0.4, -0.2) is 3.26 Å². The standard InChI is InChI=1S/C29H37.C5H5.C5H10.2ClH.Hf/c1-21-14-13-15-22-20-27(6)25(4)18-10-9-16-23(25,2)24(3)17-11-12-19-26(24,5)29(27,8)28(21,22)7;1-2-4-5-3-1;1-3-5-4-2;;;/h9-20,22H,1-8H3;1-3H,4H2;3-4H2,1-2H3;2*1H;/q;;;;;+2/p-2. The Morgan fingerprint density at radius 3 is 1.76 bits per heavy atom. The summed E-state index contributed by atoms with van der Waals surface area (Å²) >= 11 is -2.60. The molecule has 226 valence electrons. The van der Waals surface area contributed by atoms with Crippen LogP contribution in [0.5, 0.6) is 0 Å². The van der Waals surface area contributed by atoms with Crippen molar-refractivity contribution >= 4 is 3.26 Å². The fraction of sp³-hybridized carbons (Fsp3) is 0.564. The Bertz CT molecular complexity index is 1430. The van der Waals surface area contributed by atoms with Gasteiger partial charge in [-0.15, -0.1) is 0 Å². The molecule has 9 unspecified atom stereocenters. The number of rotatable bonds is 4. The van der Waals surface area contributed by atoms with Crippen LogP contribution in [0.25, 0.3) is 0 Å². The maximum atomic E-state index is 2.82. The first kappa shape index (κ1) is 34.1. The van der Waals surface area contributed by atoms with Gasteiger partial charge in [-0.2, -0.15) is 0 Å². The molecule has 0 aromatic carbocycles. The monoisotopic (exact) mass is 770 g/mol. The van der Waals surface area contributed by atoms with Gasteiger partial charge in [0.1, 0.15) is 0 Å². The van der Waals surface area contributed by atoms with Crippen LogP contribution in [-0.2, 0) is 21.0 Å². The minimum absolute atomic E-state index is 0. The van der Waals surface area contributed by atoms with Gasteiger partial charge in [-0.05, 0) is 0 Å². The summed E-state index contributed by atoms with van der Waals surface area (Å²) < 4.78 is 4.52. The minimum atomic E-state index is -2.60. The van der Waals surface area contributed by atoms with E-state index in [1.807, 2.05) is 6.58 Å². The number of fused-ring (bicyclic) bond motifs is 8. The normalized spacial score (nSPS) is 46.7. The molecule has 0 aromatic rings. The molecule has 2 saturated carbocycles.